The molecule has 0 atom stereocenters. The molecule has 6 heteroatoms. The lowest BCUT2D eigenvalue weighted by Gasteiger charge is -2.05. The molecule has 0 spiro atoms. The van der Waals surface area contributed by atoms with E-state index in [2.05, 4.69) is 21.2 Å². The fourth-order valence-electron chi connectivity index (χ4n) is 1.53. The molecule has 1 aromatic carbocycles. The Morgan fingerprint density at radius 2 is 2.11 bits per heavy atom. The van der Waals surface area contributed by atoms with E-state index in [-0.39, 0.29) is 17.9 Å². The first-order valence-corrected chi connectivity index (χ1v) is 7.15. The van der Waals surface area contributed by atoms with Gasteiger partial charge in [0.2, 0.25) is 5.91 Å². The van der Waals surface area contributed by atoms with Gasteiger partial charge in [-0.25, -0.2) is 8.78 Å². The van der Waals surface area contributed by atoms with E-state index >= 15 is 0 Å². The number of hydrogen-bond donors (Lipinski definition) is 1. The quantitative estimate of drug-likeness (QED) is 0.900. The van der Waals surface area contributed by atoms with Crippen LogP contribution in [0.25, 0.3) is 0 Å². The van der Waals surface area contributed by atoms with Crippen molar-refractivity contribution >= 4 is 33.2 Å². The number of rotatable bonds is 4. The van der Waals surface area contributed by atoms with E-state index in [9.17, 15) is 13.6 Å². The molecule has 2 aromatic rings. The highest BCUT2D eigenvalue weighted by Gasteiger charge is 2.09. The summed E-state index contributed by atoms with van der Waals surface area (Å²) in [5.41, 5.74) is 0.186. The van der Waals surface area contributed by atoms with Crippen LogP contribution in [0.4, 0.5) is 8.78 Å². The number of halogens is 3. The van der Waals surface area contributed by atoms with Crippen LogP contribution in [0, 0.1) is 11.6 Å². The number of benzene rings is 1. The SMILES string of the molecule is O=C(Cc1ccc(F)cc1F)NCc1cc(Br)cs1. The zero-order chi connectivity index (χ0) is 13.8. The third kappa shape index (κ3) is 4.11. The predicted octanol–water partition coefficient (Wildman–Crippen LogP) is 3.65. The molecule has 1 amide bonds. The molecule has 0 aliphatic rings. The number of carbonyl (C=O) groups excluding carboxylic acids is 1. The zero-order valence-electron chi connectivity index (χ0n) is 9.75. The molecular weight excluding hydrogens is 336 g/mol. The number of hydrogen-bond acceptors (Lipinski definition) is 2. The molecule has 0 radical (unpaired) electrons. The minimum absolute atomic E-state index is 0.0986. The average molecular weight is 346 g/mol. The van der Waals surface area contributed by atoms with Gasteiger partial charge in [0.25, 0.3) is 0 Å². The van der Waals surface area contributed by atoms with E-state index in [1.807, 2.05) is 11.4 Å². The summed E-state index contributed by atoms with van der Waals surface area (Å²) in [5, 5.41) is 4.61. The molecule has 2 nitrogen and oxygen atoms in total. The third-order valence-corrected chi connectivity index (χ3v) is 4.15. The normalized spacial score (nSPS) is 10.5. The Morgan fingerprint density at radius 1 is 1.32 bits per heavy atom. The maximum atomic E-state index is 13.4. The van der Waals surface area contributed by atoms with Gasteiger partial charge in [0, 0.05) is 20.8 Å². The van der Waals surface area contributed by atoms with Gasteiger partial charge in [0.05, 0.1) is 13.0 Å². The van der Waals surface area contributed by atoms with Crippen molar-refractivity contribution in [2.75, 3.05) is 0 Å². The van der Waals surface area contributed by atoms with Crippen LogP contribution in [0.1, 0.15) is 10.4 Å². The van der Waals surface area contributed by atoms with Gasteiger partial charge in [0.1, 0.15) is 11.6 Å². The zero-order valence-corrected chi connectivity index (χ0v) is 12.2. The second-order valence-electron chi connectivity index (χ2n) is 3.92. The summed E-state index contributed by atoms with van der Waals surface area (Å²) < 4.78 is 27.0. The molecule has 19 heavy (non-hydrogen) atoms. The minimum Gasteiger partial charge on any atom is -0.351 e. The molecule has 1 N–H and O–H groups in total. The van der Waals surface area contributed by atoms with E-state index in [0.29, 0.717) is 6.54 Å². The van der Waals surface area contributed by atoms with E-state index in [4.69, 9.17) is 0 Å². The highest BCUT2D eigenvalue weighted by Crippen LogP contribution is 2.19. The molecule has 1 aromatic heterocycles. The van der Waals surface area contributed by atoms with Crippen LogP contribution in [0.5, 0.6) is 0 Å². The topological polar surface area (TPSA) is 29.1 Å². The molecule has 2 rings (SSSR count). The predicted molar refractivity (Wildman–Crippen MR) is 73.9 cm³/mol. The summed E-state index contributed by atoms with van der Waals surface area (Å²) in [7, 11) is 0. The Kier molecular flexibility index (Phi) is 4.66. The molecular formula is C13H10BrF2NOS. The average Bonchev–Trinajstić information content (AvgIpc) is 2.76. The van der Waals surface area contributed by atoms with Crippen LogP contribution in [-0.2, 0) is 17.8 Å². The van der Waals surface area contributed by atoms with E-state index in [1.54, 1.807) is 0 Å². The summed E-state index contributed by atoms with van der Waals surface area (Å²) in [6, 6.07) is 5.11. The largest absolute Gasteiger partial charge is 0.351 e. The first kappa shape index (κ1) is 14.1. The maximum absolute atomic E-state index is 13.4. The highest BCUT2D eigenvalue weighted by atomic mass is 79.9. The molecule has 0 fully saturated rings. The first-order valence-electron chi connectivity index (χ1n) is 5.48. The van der Waals surface area contributed by atoms with Crippen molar-refractivity contribution in [3.05, 3.63) is 56.2 Å². The molecule has 0 saturated carbocycles. The van der Waals surface area contributed by atoms with Gasteiger partial charge < -0.3 is 5.32 Å². The number of carbonyl (C=O) groups is 1. The van der Waals surface area contributed by atoms with Crippen molar-refractivity contribution in [2.45, 2.75) is 13.0 Å². The maximum Gasteiger partial charge on any atom is 0.224 e. The molecule has 0 bridgehead atoms. The third-order valence-electron chi connectivity index (χ3n) is 2.45. The van der Waals surface area contributed by atoms with Crippen molar-refractivity contribution in [2.24, 2.45) is 0 Å². The monoisotopic (exact) mass is 345 g/mol. The van der Waals surface area contributed by atoms with Crippen molar-refractivity contribution < 1.29 is 13.6 Å². The van der Waals surface area contributed by atoms with Gasteiger partial charge in [-0.15, -0.1) is 11.3 Å². The van der Waals surface area contributed by atoms with Crippen LogP contribution >= 0.6 is 27.3 Å². The summed E-state index contributed by atoms with van der Waals surface area (Å²) >= 11 is 4.84. The molecule has 1 heterocycles. The molecule has 0 aliphatic carbocycles. The minimum atomic E-state index is -0.700. The van der Waals surface area contributed by atoms with Gasteiger partial charge in [-0.05, 0) is 33.6 Å². The molecule has 0 saturated heterocycles. The smallest absolute Gasteiger partial charge is 0.224 e. The summed E-state index contributed by atoms with van der Waals surface area (Å²) in [6.45, 7) is 0.401. The van der Waals surface area contributed by atoms with Crippen LogP contribution in [-0.4, -0.2) is 5.91 Å². The van der Waals surface area contributed by atoms with Crippen molar-refractivity contribution in [1.29, 1.82) is 0 Å². The summed E-state index contributed by atoms with van der Waals surface area (Å²) in [5.74, 6) is -1.64. The highest BCUT2D eigenvalue weighted by molar-refractivity contribution is 9.10. The summed E-state index contributed by atoms with van der Waals surface area (Å²) in [6.07, 6.45) is -0.0986. The van der Waals surface area contributed by atoms with Gasteiger partial charge >= 0.3 is 0 Å². The van der Waals surface area contributed by atoms with Gasteiger partial charge in [0.15, 0.2) is 0 Å². The molecule has 0 aliphatic heterocycles. The van der Waals surface area contributed by atoms with Crippen LogP contribution in [0.15, 0.2) is 34.1 Å². The second kappa shape index (κ2) is 6.25. The van der Waals surface area contributed by atoms with Crippen molar-refractivity contribution in [3.63, 3.8) is 0 Å². The Morgan fingerprint density at radius 3 is 2.74 bits per heavy atom. The van der Waals surface area contributed by atoms with Crippen molar-refractivity contribution in [1.82, 2.24) is 5.32 Å². The van der Waals surface area contributed by atoms with Crippen LogP contribution < -0.4 is 5.32 Å². The Bertz CT molecular complexity index is 600. The van der Waals surface area contributed by atoms with E-state index < -0.39 is 11.6 Å². The van der Waals surface area contributed by atoms with Crippen LogP contribution in [0.2, 0.25) is 0 Å². The lowest BCUT2D eigenvalue weighted by Crippen LogP contribution is -2.24. The van der Waals surface area contributed by atoms with Gasteiger partial charge in [-0.2, -0.15) is 0 Å². The Hall–Kier alpha value is -1.27. The number of nitrogens with one attached hydrogen (secondary N) is 1. The van der Waals surface area contributed by atoms with E-state index in [1.165, 1.54) is 17.4 Å². The fourth-order valence-corrected chi connectivity index (χ4v) is 2.92. The van der Waals surface area contributed by atoms with Gasteiger partial charge in [-0.3, -0.25) is 4.79 Å². The summed E-state index contributed by atoms with van der Waals surface area (Å²) in [4.78, 5) is 12.7. The first-order chi connectivity index (χ1) is 9.04. The fraction of sp³-hybridized carbons (Fsp3) is 0.154. The standard InChI is InChI=1S/C13H10BrF2NOS/c14-9-4-11(19-7-9)6-17-13(18)3-8-1-2-10(15)5-12(8)16/h1-2,4-5,7H,3,6H2,(H,17,18). The van der Waals surface area contributed by atoms with Gasteiger partial charge in [-0.1, -0.05) is 6.07 Å². The van der Waals surface area contributed by atoms with E-state index in [0.717, 1.165) is 21.5 Å². The van der Waals surface area contributed by atoms with Crippen molar-refractivity contribution in [3.8, 4) is 0 Å². The number of amides is 1. The number of thiophene rings is 1. The lowest BCUT2D eigenvalue weighted by atomic mass is 10.1. The molecule has 0 unspecified atom stereocenters. The molecule has 100 valence electrons. The lowest BCUT2D eigenvalue weighted by molar-refractivity contribution is -0.120. The second-order valence-corrected chi connectivity index (χ2v) is 5.83. The van der Waals surface area contributed by atoms with Crippen LogP contribution in [0.3, 0.4) is 0 Å². The Balaban J connectivity index is 1.90. The Labute approximate surface area is 121 Å².